The fourth-order valence-corrected chi connectivity index (χ4v) is 3.59. The summed E-state index contributed by atoms with van der Waals surface area (Å²) in [4.78, 5) is 13.3. The molecule has 1 aromatic carbocycles. The molecule has 0 aliphatic carbocycles. The Morgan fingerprint density at radius 2 is 1.95 bits per heavy atom. The van der Waals surface area contributed by atoms with Gasteiger partial charge in [0.1, 0.15) is 0 Å². The molecule has 7 nitrogen and oxygen atoms in total. The van der Waals surface area contributed by atoms with Crippen LogP contribution in [0, 0.1) is 0 Å². The van der Waals surface area contributed by atoms with Crippen molar-refractivity contribution in [3.8, 4) is 0 Å². The monoisotopic (exact) mass is 328 g/mol. The van der Waals surface area contributed by atoms with Crippen molar-refractivity contribution in [2.75, 3.05) is 31.2 Å². The van der Waals surface area contributed by atoms with Gasteiger partial charge in [-0.15, -0.1) is 0 Å². The number of carboxylic acids is 1. The molecule has 22 heavy (non-hydrogen) atoms. The maximum atomic E-state index is 12.2. The second-order valence-corrected chi connectivity index (χ2v) is 7.07. The zero-order chi connectivity index (χ0) is 16.3. The second-order valence-electron chi connectivity index (χ2n) is 5.36. The molecule has 0 spiro atoms. The fraction of sp³-hybridized carbons (Fsp3) is 0.500. The van der Waals surface area contributed by atoms with Crippen LogP contribution in [0.3, 0.4) is 0 Å². The van der Waals surface area contributed by atoms with Crippen LogP contribution in [0.5, 0.6) is 0 Å². The van der Waals surface area contributed by atoms with E-state index >= 15 is 0 Å². The van der Waals surface area contributed by atoms with Gasteiger partial charge in [-0.2, -0.15) is 0 Å². The van der Waals surface area contributed by atoms with E-state index in [0.717, 1.165) is 0 Å². The Kier molecular flexibility index (Phi) is 5.05. The van der Waals surface area contributed by atoms with Crippen molar-refractivity contribution in [3.63, 3.8) is 0 Å². The van der Waals surface area contributed by atoms with Crippen molar-refractivity contribution >= 4 is 21.7 Å². The van der Waals surface area contributed by atoms with E-state index in [1.807, 2.05) is 4.90 Å². The summed E-state index contributed by atoms with van der Waals surface area (Å²) < 4.78 is 32.0. The molecule has 1 fully saturated rings. The van der Waals surface area contributed by atoms with Gasteiger partial charge in [0.2, 0.25) is 10.0 Å². The van der Waals surface area contributed by atoms with Crippen molar-refractivity contribution < 1.29 is 23.1 Å². The highest BCUT2D eigenvalue weighted by Crippen LogP contribution is 2.25. The van der Waals surface area contributed by atoms with E-state index in [-0.39, 0.29) is 16.5 Å². The van der Waals surface area contributed by atoms with Gasteiger partial charge >= 0.3 is 5.97 Å². The number of carbonyl (C=O) groups is 1. The van der Waals surface area contributed by atoms with Gasteiger partial charge < -0.3 is 14.7 Å². The first-order chi connectivity index (χ1) is 10.3. The molecule has 1 aliphatic heterocycles. The van der Waals surface area contributed by atoms with Crippen LogP contribution in [0.4, 0.5) is 5.69 Å². The van der Waals surface area contributed by atoms with Crippen molar-refractivity contribution in [3.05, 3.63) is 23.8 Å². The number of anilines is 1. The molecule has 2 N–H and O–H groups in total. The number of sulfonamides is 1. The molecule has 2 rings (SSSR count). The van der Waals surface area contributed by atoms with Crippen LogP contribution in [-0.2, 0) is 14.8 Å². The molecule has 0 saturated carbocycles. The third-order valence-electron chi connectivity index (χ3n) is 3.25. The summed E-state index contributed by atoms with van der Waals surface area (Å²) >= 11 is 0. The summed E-state index contributed by atoms with van der Waals surface area (Å²) in [5, 5.41) is 9.40. The average molecular weight is 328 g/mol. The first-order valence-corrected chi connectivity index (χ1v) is 8.52. The maximum Gasteiger partial charge on any atom is 0.337 e. The van der Waals surface area contributed by atoms with Gasteiger partial charge in [-0.3, -0.25) is 0 Å². The zero-order valence-electron chi connectivity index (χ0n) is 12.6. The molecule has 8 heteroatoms. The third-order valence-corrected chi connectivity index (χ3v) is 4.91. The third kappa shape index (κ3) is 3.76. The van der Waals surface area contributed by atoms with E-state index in [0.29, 0.717) is 32.0 Å². The molecular weight excluding hydrogens is 308 g/mol. The largest absolute Gasteiger partial charge is 0.478 e. The lowest BCUT2D eigenvalue weighted by atomic mass is 10.1. The maximum absolute atomic E-state index is 12.2. The Morgan fingerprint density at radius 1 is 1.32 bits per heavy atom. The predicted molar refractivity (Wildman–Crippen MR) is 81.9 cm³/mol. The van der Waals surface area contributed by atoms with Gasteiger partial charge in [0.25, 0.3) is 0 Å². The Balaban J connectivity index is 2.41. The van der Waals surface area contributed by atoms with Crippen molar-refractivity contribution in [1.82, 2.24) is 4.72 Å². The molecule has 0 amide bonds. The first kappa shape index (κ1) is 16.7. The number of carboxylic acid groups (broad SMARTS) is 1. The summed E-state index contributed by atoms with van der Waals surface area (Å²) in [6.07, 6.45) is 0. The Hall–Kier alpha value is -1.64. The highest BCUT2D eigenvalue weighted by molar-refractivity contribution is 7.89. The predicted octanol–water partition coefficient (Wildman–Crippen LogP) is 0.908. The van der Waals surface area contributed by atoms with Crippen LogP contribution < -0.4 is 9.62 Å². The first-order valence-electron chi connectivity index (χ1n) is 7.03. The van der Waals surface area contributed by atoms with Crippen LogP contribution in [-0.4, -0.2) is 51.8 Å². The fourth-order valence-electron chi connectivity index (χ4n) is 2.31. The molecule has 0 unspecified atom stereocenters. The minimum Gasteiger partial charge on any atom is -0.478 e. The Bertz CT molecular complexity index is 651. The van der Waals surface area contributed by atoms with Crippen LogP contribution >= 0.6 is 0 Å². The summed E-state index contributed by atoms with van der Waals surface area (Å²) in [7, 11) is -3.72. The van der Waals surface area contributed by atoms with Crippen LogP contribution in [0.2, 0.25) is 0 Å². The number of hydrogen-bond donors (Lipinski definition) is 2. The van der Waals surface area contributed by atoms with E-state index < -0.39 is 16.0 Å². The van der Waals surface area contributed by atoms with E-state index in [9.17, 15) is 18.3 Å². The number of aromatic carboxylic acids is 1. The summed E-state index contributed by atoms with van der Waals surface area (Å²) in [5.74, 6) is -1.15. The molecule has 0 bridgehead atoms. The normalized spacial score (nSPS) is 16.0. The SMILES string of the molecule is CC(C)NS(=O)(=O)c1ccc(N2CCOCC2)c(C(=O)O)c1. The van der Waals surface area contributed by atoms with Crippen molar-refractivity contribution in [1.29, 1.82) is 0 Å². The topological polar surface area (TPSA) is 95.9 Å². The lowest BCUT2D eigenvalue weighted by molar-refractivity contribution is 0.0696. The second kappa shape index (κ2) is 6.64. The molecular formula is C14H20N2O5S. The Labute approximate surface area is 129 Å². The molecule has 0 aromatic heterocycles. The summed E-state index contributed by atoms with van der Waals surface area (Å²) in [6.45, 7) is 5.62. The van der Waals surface area contributed by atoms with Crippen molar-refractivity contribution in [2.24, 2.45) is 0 Å². The number of ether oxygens (including phenoxy) is 1. The number of nitrogens with zero attached hydrogens (tertiary/aromatic N) is 1. The number of nitrogens with one attached hydrogen (secondary N) is 1. The molecule has 1 aliphatic rings. The van der Waals surface area contributed by atoms with Crippen LogP contribution in [0.15, 0.2) is 23.1 Å². The number of hydrogen-bond acceptors (Lipinski definition) is 5. The van der Waals surface area contributed by atoms with Gasteiger partial charge in [-0.25, -0.2) is 17.9 Å². The van der Waals surface area contributed by atoms with Crippen LogP contribution in [0.25, 0.3) is 0 Å². The lowest BCUT2D eigenvalue weighted by Gasteiger charge is -2.30. The van der Waals surface area contributed by atoms with Crippen LogP contribution in [0.1, 0.15) is 24.2 Å². The van der Waals surface area contributed by atoms with Gasteiger partial charge in [-0.05, 0) is 32.0 Å². The minimum absolute atomic E-state index is 0.0199. The molecule has 1 saturated heterocycles. The quantitative estimate of drug-likeness (QED) is 0.834. The molecule has 122 valence electrons. The standard InChI is InChI=1S/C14H20N2O5S/c1-10(2)15-22(19,20)11-3-4-13(12(9-11)14(17)18)16-5-7-21-8-6-16/h3-4,9-10,15H,5-8H2,1-2H3,(H,17,18). The van der Waals surface area contributed by atoms with E-state index in [1.165, 1.54) is 12.1 Å². The van der Waals surface area contributed by atoms with E-state index in [2.05, 4.69) is 4.72 Å². The molecule has 1 aromatic rings. The molecule has 0 radical (unpaired) electrons. The molecule has 1 heterocycles. The van der Waals surface area contributed by atoms with Crippen molar-refractivity contribution in [2.45, 2.75) is 24.8 Å². The summed E-state index contributed by atoms with van der Waals surface area (Å²) in [5.41, 5.74) is 0.493. The van der Waals surface area contributed by atoms with Gasteiger partial charge in [-0.1, -0.05) is 0 Å². The average Bonchev–Trinajstić information content (AvgIpc) is 2.46. The summed E-state index contributed by atoms with van der Waals surface area (Å²) in [6, 6.07) is 3.92. The van der Waals surface area contributed by atoms with Gasteiger partial charge in [0, 0.05) is 19.1 Å². The number of rotatable bonds is 5. The molecule has 0 atom stereocenters. The van der Waals surface area contributed by atoms with E-state index in [4.69, 9.17) is 4.74 Å². The van der Waals surface area contributed by atoms with Gasteiger partial charge in [0.15, 0.2) is 0 Å². The van der Waals surface area contributed by atoms with E-state index in [1.54, 1.807) is 19.9 Å². The minimum atomic E-state index is -3.72. The van der Waals surface area contributed by atoms with Gasteiger partial charge in [0.05, 0.1) is 29.4 Å². The zero-order valence-corrected chi connectivity index (χ0v) is 13.4. The highest BCUT2D eigenvalue weighted by atomic mass is 32.2. The number of benzene rings is 1. The smallest absolute Gasteiger partial charge is 0.337 e. The lowest BCUT2D eigenvalue weighted by Crippen LogP contribution is -2.37. The highest BCUT2D eigenvalue weighted by Gasteiger charge is 2.23. The number of morpholine rings is 1. The Morgan fingerprint density at radius 3 is 2.50 bits per heavy atom.